The van der Waals surface area contributed by atoms with Crippen LogP contribution in [-0.4, -0.2) is 54.9 Å². The molecule has 0 radical (unpaired) electrons. The summed E-state index contributed by atoms with van der Waals surface area (Å²) in [6.45, 7) is 6.43. The van der Waals surface area contributed by atoms with E-state index in [-0.39, 0.29) is 18.6 Å². The Morgan fingerprint density at radius 3 is 2.31 bits per heavy atom. The van der Waals surface area contributed by atoms with Crippen LogP contribution in [0.5, 0.6) is 0 Å². The largest absolute Gasteiger partial charge is 0.467 e. The third kappa shape index (κ3) is 7.29. The Morgan fingerprint density at radius 2 is 1.76 bits per heavy atom. The van der Waals surface area contributed by atoms with Gasteiger partial charge in [-0.1, -0.05) is 30.3 Å². The predicted octanol–water partition coefficient (Wildman–Crippen LogP) is 3.10. The molecule has 1 aliphatic heterocycles. The van der Waals surface area contributed by atoms with Crippen molar-refractivity contribution in [2.45, 2.75) is 51.9 Å². The highest BCUT2D eigenvalue weighted by molar-refractivity contribution is 5.81. The number of benzene rings is 1. The van der Waals surface area contributed by atoms with E-state index < -0.39 is 23.7 Å². The summed E-state index contributed by atoms with van der Waals surface area (Å²) in [6, 6.07) is 8.44. The molecule has 0 unspecified atom stereocenters. The Balaban J connectivity index is 1.89. The zero-order chi connectivity index (χ0) is 21.4. The number of carbonyl (C=O) groups excluding carboxylic acids is 3. The van der Waals surface area contributed by atoms with Crippen molar-refractivity contribution in [3.63, 3.8) is 0 Å². The van der Waals surface area contributed by atoms with Gasteiger partial charge in [-0.05, 0) is 45.1 Å². The first-order valence-corrected chi connectivity index (χ1v) is 9.72. The summed E-state index contributed by atoms with van der Waals surface area (Å²) in [5, 5.41) is 2.62. The molecule has 1 aromatic rings. The molecule has 8 nitrogen and oxygen atoms in total. The second-order valence-electron chi connectivity index (χ2n) is 8.01. The SMILES string of the molecule is COC(=O)[C@@H](NC(=O)OCc1ccccc1)C1CCN(C(=O)OC(C)(C)C)CC1. The molecule has 1 fully saturated rings. The number of methoxy groups -OCH3 is 1. The molecule has 0 saturated carbocycles. The summed E-state index contributed by atoms with van der Waals surface area (Å²) in [4.78, 5) is 38.2. The second-order valence-corrected chi connectivity index (χ2v) is 8.01. The first-order valence-electron chi connectivity index (χ1n) is 9.72. The van der Waals surface area contributed by atoms with Gasteiger partial charge in [0.2, 0.25) is 0 Å². The Morgan fingerprint density at radius 1 is 1.14 bits per heavy atom. The molecule has 29 heavy (non-hydrogen) atoms. The quantitative estimate of drug-likeness (QED) is 0.596. The summed E-state index contributed by atoms with van der Waals surface area (Å²) >= 11 is 0. The molecule has 1 heterocycles. The molecular formula is C21H30N2O6. The number of nitrogens with one attached hydrogen (secondary N) is 1. The minimum Gasteiger partial charge on any atom is -0.467 e. The van der Waals surface area contributed by atoms with Crippen LogP contribution >= 0.6 is 0 Å². The molecular weight excluding hydrogens is 376 g/mol. The molecule has 0 spiro atoms. The highest BCUT2D eigenvalue weighted by Crippen LogP contribution is 2.23. The molecule has 8 heteroatoms. The summed E-state index contributed by atoms with van der Waals surface area (Å²) in [7, 11) is 1.28. The van der Waals surface area contributed by atoms with Crippen LogP contribution in [0.3, 0.4) is 0 Å². The van der Waals surface area contributed by atoms with Crippen LogP contribution in [0.2, 0.25) is 0 Å². The average molecular weight is 406 g/mol. The number of carbonyl (C=O) groups is 3. The van der Waals surface area contributed by atoms with Crippen molar-refractivity contribution in [3.05, 3.63) is 35.9 Å². The van der Waals surface area contributed by atoms with Gasteiger partial charge in [0.25, 0.3) is 0 Å². The number of likely N-dealkylation sites (tertiary alicyclic amines) is 1. The third-order valence-corrected chi connectivity index (χ3v) is 4.60. The first-order chi connectivity index (χ1) is 13.7. The van der Waals surface area contributed by atoms with Gasteiger partial charge in [-0.15, -0.1) is 0 Å². The molecule has 0 bridgehead atoms. The fourth-order valence-corrected chi connectivity index (χ4v) is 3.13. The molecule has 1 saturated heterocycles. The van der Waals surface area contributed by atoms with Crippen molar-refractivity contribution in [3.8, 4) is 0 Å². The smallest absolute Gasteiger partial charge is 0.410 e. The zero-order valence-corrected chi connectivity index (χ0v) is 17.5. The van der Waals surface area contributed by atoms with Crippen molar-refractivity contribution in [1.82, 2.24) is 10.2 Å². The van der Waals surface area contributed by atoms with E-state index in [2.05, 4.69) is 5.32 Å². The summed E-state index contributed by atoms with van der Waals surface area (Å²) in [5.74, 6) is -0.692. The van der Waals surface area contributed by atoms with Gasteiger partial charge in [-0.25, -0.2) is 14.4 Å². The minimum atomic E-state index is -0.830. The Kier molecular flexibility index (Phi) is 7.87. The molecule has 160 valence electrons. The number of hydrogen-bond acceptors (Lipinski definition) is 6. The van der Waals surface area contributed by atoms with Crippen molar-refractivity contribution < 1.29 is 28.6 Å². The third-order valence-electron chi connectivity index (χ3n) is 4.60. The van der Waals surface area contributed by atoms with Gasteiger partial charge in [-0.3, -0.25) is 0 Å². The lowest BCUT2D eigenvalue weighted by Crippen LogP contribution is -2.51. The molecule has 1 aliphatic rings. The standard InChI is InChI=1S/C21H30N2O6/c1-21(2,3)29-20(26)23-12-10-16(11-13-23)17(18(24)27-4)22-19(25)28-14-15-8-6-5-7-9-15/h5-9,16-17H,10-14H2,1-4H3,(H,22,25)/t17-/m0/s1. The molecule has 2 rings (SSSR count). The lowest BCUT2D eigenvalue weighted by atomic mass is 9.89. The number of alkyl carbamates (subject to hydrolysis) is 1. The topological polar surface area (TPSA) is 94.2 Å². The molecule has 2 amide bonds. The van der Waals surface area contributed by atoms with Crippen LogP contribution in [0.1, 0.15) is 39.2 Å². The van der Waals surface area contributed by atoms with Gasteiger partial charge in [-0.2, -0.15) is 0 Å². The fourth-order valence-electron chi connectivity index (χ4n) is 3.13. The number of rotatable bonds is 5. The average Bonchev–Trinajstić information content (AvgIpc) is 2.69. The van der Waals surface area contributed by atoms with Crippen molar-refractivity contribution in [2.75, 3.05) is 20.2 Å². The van der Waals surface area contributed by atoms with Crippen LogP contribution in [0.25, 0.3) is 0 Å². The number of nitrogens with zero attached hydrogens (tertiary/aromatic N) is 1. The van der Waals surface area contributed by atoms with E-state index in [1.54, 1.807) is 4.90 Å². The van der Waals surface area contributed by atoms with Crippen molar-refractivity contribution in [1.29, 1.82) is 0 Å². The summed E-state index contributed by atoms with van der Waals surface area (Å²) in [6.07, 6.45) is 0.0234. The van der Waals surface area contributed by atoms with Crippen LogP contribution in [0, 0.1) is 5.92 Å². The van der Waals surface area contributed by atoms with Gasteiger partial charge in [0, 0.05) is 13.1 Å². The zero-order valence-electron chi connectivity index (χ0n) is 17.5. The van der Waals surface area contributed by atoms with Crippen LogP contribution in [0.15, 0.2) is 30.3 Å². The number of ether oxygens (including phenoxy) is 3. The van der Waals surface area contributed by atoms with Crippen LogP contribution in [-0.2, 0) is 25.6 Å². The summed E-state index contributed by atoms with van der Waals surface area (Å²) < 4.78 is 15.5. The number of esters is 1. The van der Waals surface area contributed by atoms with E-state index in [0.717, 1.165) is 5.56 Å². The Hall–Kier alpha value is -2.77. The number of hydrogen-bond donors (Lipinski definition) is 1. The number of amides is 2. The highest BCUT2D eigenvalue weighted by atomic mass is 16.6. The molecule has 0 aromatic heterocycles. The molecule has 0 aliphatic carbocycles. The van der Waals surface area contributed by atoms with Crippen LogP contribution < -0.4 is 5.32 Å². The van der Waals surface area contributed by atoms with Gasteiger partial charge in [0.05, 0.1) is 7.11 Å². The lowest BCUT2D eigenvalue weighted by Gasteiger charge is -2.35. The van der Waals surface area contributed by atoms with E-state index in [1.807, 2.05) is 51.1 Å². The van der Waals surface area contributed by atoms with Gasteiger partial charge < -0.3 is 24.4 Å². The maximum absolute atomic E-state index is 12.2. The van der Waals surface area contributed by atoms with E-state index in [0.29, 0.717) is 25.9 Å². The molecule has 1 N–H and O–H groups in total. The highest BCUT2D eigenvalue weighted by Gasteiger charge is 2.35. The second kappa shape index (κ2) is 10.1. The molecule has 1 atom stereocenters. The van der Waals surface area contributed by atoms with Gasteiger partial charge >= 0.3 is 18.2 Å². The fraction of sp³-hybridized carbons (Fsp3) is 0.571. The maximum atomic E-state index is 12.2. The van der Waals surface area contributed by atoms with Crippen molar-refractivity contribution >= 4 is 18.2 Å². The van der Waals surface area contributed by atoms with Gasteiger partial charge in [0.1, 0.15) is 18.2 Å². The normalized spacial score (nSPS) is 15.9. The monoisotopic (exact) mass is 406 g/mol. The van der Waals surface area contributed by atoms with Crippen LogP contribution in [0.4, 0.5) is 9.59 Å². The van der Waals surface area contributed by atoms with E-state index in [4.69, 9.17) is 14.2 Å². The van der Waals surface area contributed by atoms with Crippen molar-refractivity contribution in [2.24, 2.45) is 5.92 Å². The van der Waals surface area contributed by atoms with Gasteiger partial charge in [0.15, 0.2) is 0 Å². The van der Waals surface area contributed by atoms with E-state index >= 15 is 0 Å². The summed E-state index contributed by atoms with van der Waals surface area (Å²) in [5.41, 5.74) is 0.287. The lowest BCUT2D eigenvalue weighted by molar-refractivity contribution is -0.145. The maximum Gasteiger partial charge on any atom is 0.410 e. The molecule has 1 aromatic carbocycles. The van der Waals surface area contributed by atoms with E-state index in [1.165, 1.54) is 7.11 Å². The van der Waals surface area contributed by atoms with E-state index in [9.17, 15) is 14.4 Å². The first kappa shape index (κ1) is 22.5. The Bertz CT molecular complexity index is 693. The Labute approximate surface area is 171 Å². The minimum absolute atomic E-state index is 0.109. The predicted molar refractivity (Wildman–Crippen MR) is 106 cm³/mol. The number of piperidine rings is 1.